The molecule has 0 N–H and O–H groups in total. The Bertz CT molecular complexity index is 1160. The van der Waals surface area contributed by atoms with Crippen LogP contribution < -0.4 is 4.90 Å². The molecule has 166 valence electrons. The lowest BCUT2D eigenvalue weighted by Gasteiger charge is -2.36. The van der Waals surface area contributed by atoms with Crippen LogP contribution in [0.5, 0.6) is 0 Å². The first-order valence-corrected chi connectivity index (χ1v) is 10.8. The topological polar surface area (TPSA) is 62.7 Å². The molecule has 1 amide bonds. The van der Waals surface area contributed by atoms with Crippen molar-refractivity contribution in [2.75, 3.05) is 37.7 Å². The van der Waals surface area contributed by atoms with E-state index < -0.39 is 5.97 Å². The monoisotopic (exact) mass is 435 g/mol. The van der Waals surface area contributed by atoms with Gasteiger partial charge in [-0.25, -0.2) is 9.18 Å². The molecule has 1 saturated heterocycles. The van der Waals surface area contributed by atoms with E-state index in [0.29, 0.717) is 43.9 Å². The minimum Gasteiger partial charge on any atom is -0.452 e. The van der Waals surface area contributed by atoms with E-state index in [-0.39, 0.29) is 18.3 Å². The summed E-state index contributed by atoms with van der Waals surface area (Å²) in [6, 6.07) is 14.1. The van der Waals surface area contributed by atoms with Gasteiger partial charge in [-0.3, -0.25) is 9.78 Å². The lowest BCUT2D eigenvalue weighted by atomic mass is 10.0. The van der Waals surface area contributed by atoms with E-state index in [2.05, 4.69) is 4.98 Å². The molecule has 0 unspecified atom stereocenters. The molecule has 0 atom stereocenters. The molecule has 6 nitrogen and oxygen atoms in total. The highest BCUT2D eigenvalue weighted by Gasteiger charge is 2.25. The first kappa shape index (κ1) is 21.7. The van der Waals surface area contributed by atoms with E-state index in [0.717, 1.165) is 22.2 Å². The highest BCUT2D eigenvalue weighted by atomic mass is 19.1. The maximum atomic E-state index is 14.0. The molecule has 0 radical (unpaired) electrons. The Morgan fingerprint density at radius 2 is 1.72 bits per heavy atom. The molecule has 1 aromatic heterocycles. The number of aryl methyl sites for hydroxylation is 1. The van der Waals surface area contributed by atoms with Gasteiger partial charge in [-0.15, -0.1) is 0 Å². The Hall–Kier alpha value is -3.48. The molecule has 3 aromatic rings. The van der Waals surface area contributed by atoms with Crippen LogP contribution in [0.4, 0.5) is 10.1 Å². The number of rotatable bonds is 5. The zero-order valence-electron chi connectivity index (χ0n) is 18.3. The van der Waals surface area contributed by atoms with Crippen LogP contribution in [0.2, 0.25) is 0 Å². The van der Waals surface area contributed by atoms with Gasteiger partial charge in [-0.05, 0) is 37.1 Å². The number of hydrogen-bond donors (Lipinski definition) is 0. The van der Waals surface area contributed by atoms with Gasteiger partial charge >= 0.3 is 5.97 Å². The second kappa shape index (κ2) is 9.34. The molecule has 1 fully saturated rings. The molecule has 32 heavy (non-hydrogen) atoms. The molecular formula is C25H26FN3O3. The average Bonchev–Trinajstić information content (AvgIpc) is 2.82. The summed E-state index contributed by atoms with van der Waals surface area (Å²) in [5.41, 5.74) is 3.35. The Balaban J connectivity index is 1.41. The third-order valence-corrected chi connectivity index (χ3v) is 5.93. The number of hydrogen-bond acceptors (Lipinski definition) is 5. The Kier molecular flexibility index (Phi) is 6.35. The number of carbonyl (C=O) groups is 2. The predicted octanol–water partition coefficient (Wildman–Crippen LogP) is 3.75. The van der Waals surface area contributed by atoms with Crippen molar-refractivity contribution in [3.63, 3.8) is 0 Å². The summed E-state index contributed by atoms with van der Waals surface area (Å²) in [6.45, 7) is 5.46. The van der Waals surface area contributed by atoms with Gasteiger partial charge in [0.05, 0.1) is 16.8 Å². The number of benzene rings is 2. The Morgan fingerprint density at radius 3 is 2.44 bits per heavy atom. The molecule has 1 aliphatic heterocycles. The highest BCUT2D eigenvalue weighted by molar-refractivity contribution is 6.05. The smallest absolute Gasteiger partial charge is 0.339 e. The minimum absolute atomic E-state index is 0.252. The maximum absolute atomic E-state index is 14.0. The molecule has 0 spiro atoms. The lowest BCUT2D eigenvalue weighted by Crippen LogP contribution is -2.50. The van der Waals surface area contributed by atoms with Crippen LogP contribution in [0.15, 0.2) is 48.5 Å². The summed E-state index contributed by atoms with van der Waals surface area (Å²) >= 11 is 0. The Labute approximate surface area is 186 Å². The van der Waals surface area contributed by atoms with Crippen LogP contribution in [0.3, 0.4) is 0 Å². The summed E-state index contributed by atoms with van der Waals surface area (Å²) in [6.07, 6.45) is 0.697. The molecule has 2 heterocycles. The summed E-state index contributed by atoms with van der Waals surface area (Å²) in [5, 5.41) is 0.721. The molecule has 0 aliphatic carbocycles. The standard InChI is InChI=1S/C25H26FN3O3/c1-3-20-17(2)24(18-8-4-6-10-21(18)27-20)25(31)32-16-23(30)29-14-12-28(13-15-29)22-11-7-5-9-19(22)26/h4-11H,3,12-16H2,1-2H3. The number of carbonyl (C=O) groups excluding carboxylic acids is 2. The van der Waals surface area contributed by atoms with Gasteiger partial charge in [0.2, 0.25) is 0 Å². The summed E-state index contributed by atoms with van der Waals surface area (Å²) in [7, 11) is 0. The third kappa shape index (κ3) is 4.28. The van der Waals surface area contributed by atoms with E-state index in [1.165, 1.54) is 6.07 Å². The second-order valence-electron chi connectivity index (χ2n) is 7.82. The largest absolute Gasteiger partial charge is 0.452 e. The number of nitrogens with zero attached hydrogens (tertiary/aromatic N) is 3. The Morgan fingerprint density at radius 1 is 1.03 bits per heavy atom. The number of anilines is 1. The predicted molar refractivity (Wildman–Crippen MR) is 121 cm³/mol. The fraction of sp³-hybridized carbons (Fsp3) is 0.320. The number of halogens is 1. The third-order valence-electron chi connectivity index (χ3n) is 5.93. The lowest BCUT2D eigenvalue weighted by molar-refractivity contribution is -0.134. The zero-order valence-corrected chi connectivity index (χ0v) is 18.3. The van der Waals surface area contributed by atoms with Crippen LogP contribution in [0, 0.1) is 12.7 Å². The molecule has 4 rings (SSSR count). The number of pyridine rings is 1. The maximum Gasteiger partial charge on any atom is 0.339 e. The van der Waals surface area contributed by atoms with Gasteiger partial charge in [0.15, 0.2) is 6.61 Å². The van der Waals surface area contributed by atoms with Crippen molar-refractivity contribution in [3.05, 3.63) is 71.2 Å². The van der Waals surface area contributed by atoms with Gasteiger partial charge in [-0.1, -0.05) is 37.3 Å². The van der Waals surface area contributed by atoms with Gasteiger partial charge in [0.1, 0.15) is 5.82 Å². The minimum atomic E-state index is -0.519. The van der Waals surface area contributed by atoms with E-state index in [4.69, 9.17) is 4.74 Å². The van der Waals surface area contributed by atoms with Crippen molar-refractivity contribution in [2.45, 2.75) is 20.3 Å². The van der Waals surface area contributed by atoms with Crippen LogP contribution in [-0.4, -0.2) is 54.5 Å². The van der Waals surface area contributed by atoms with Crippen LogP contribution in [0.25, 0.3) is 10.9 Å². The summed E-state index contributed by atoms with van der Waals surface area (Å²) in [4.78, 5) is 33.8. The first-order valence-electron chi connectivity index (χ1n) is 10.8. The molecular weight excluding hydrogens is 409 g/mol. The highest BCUT2D eigenvalue weighted by Crippen LogP contribution is 2.24. The number of esters is 1. The van der Waals surface area contributed by atoms with Crippen molar-refractivity contribution < 1.29 is 18.7 Å². The van der Waals surface area contributed by atoms with Crippen molar-refractivity contribution in [3.8, 4) is 0 Å². The fourth-order valence-corrected chi connectivity index (χ4v) is 4.16. The quantitative estimate of drug-likeness (QED) is 0.571. The van der Waals surface area contributed by atoms with E-state index in [9.17, 15) is 14.0 Å². The number of ether oxygens (including phenoxy) is 1. The summed E-state index contributed by atoms with van der Waals surface area (Å²) in [5.74, 6) is -1.04. The van der Waals surface area contributed by atoms with E-state index in [1.54, 1.807) is 23.1 Å². The van der Waals surface area contributed by atoms with Crippen LogP contribution in [-0.2, 0) is 16.0 Å². The van der Waals surface area contributed by atoms with Gasteiger partial charge < -0.3 is 14.5 Å². The normalized spacial score (nSPS) is 14.0. The SMILES string of the molecule is CCc1nc2ccccc2c(C(=O)OCC(=O)N2CCN(c3ccccc3F)CC2)c1C. The zero-order chi connectivity index (χ0) is 22.7. The molecule has 1 aliphatic rings. The summed E-state index contributed by atoms with van der Waals surface area (Å²) < 4.78 is 19.4. The van der Waals surface area contributed by atoms with Crippen molar-refractivity contribution >= 4 is 28.5 Å². The van der Waals surface area contributed by atoms with Crippen LogP contribution >= 0.6 is 0 Å². The van der Waals surface area contributed by atoms with E-state index >= 15 is 0 Å². The number of para-hydroxylation sites is 2. The van der Waals surface area contributed by atoms with Gasteiger partial charge in [0, 0.05) is 37.3 Å². The average molecular weight is 435 g/mol. The fourth-order valence-electron chi connectivity index (χ4n) is 4.16. The number of aromatic nitrogens is 1. The first-order chi connectivity index (χ1) is 15.5. The molecule has 0 bridgehead atoms. The molecule has 2 aromatic carbocycles. The number of piperazine rings is 1. The van der Waals surface area contributed by atoms with Crippen molar-refractivity contribution in [1.82, 2.24) is 9.88 Å². The molecule has 0 saturated carbocycles. The van der Waals surface area contributed by atoms with Crippen molar-refractivity contribution in [1.29, 1.82) is 0 Å². The van der Waals surface area contributed by atoms with E-state index in [1.807, 2.05) is 43.0 Å². The molecule has 7 heteroatoms. The van der Waals surface area contributed by atoms with Crippen molar-refractivity contribution in [2.24, 2.45) is 0 Å². The van der Waals surface area contributed by atoms with Gasteiger partial charge in [0.25, 0.3) is 5.91 Å². The second-order valence-corrected chi connectivity index (χ2v) is 7.82. The number of fused-ring (bicyclic) bond motifs is 1. The number of amides is 1. The van der Waals surface area contributed by atoms with Crippen LogP contribution in [0.1, 0.15) is 28.5 Å². The van der Waals surface area contributed by atoms with Gasteiger partial charge in [-0.2, -0.15) is 0 Å².